The van der Waals surface area contributed by atoms with Gasteiger partial charge in [0, 0.05) is 6.42 Å². The monoisotopic (exact) mass is 212 g/mol. The van der Waals surface area contributed by atoms with Crippen LogP contribution in [0.2, 0.25) is 0 Å². The molecule has 1 heterocycles. The van der Waals surface area contributed by atoms with Gasteiger partial charge in [0.2, 0.25) is 5.95 Å². The quantitative estimate of drug-likeness (QED) is 0.752. The topological polar surface area (TPSA) is 64.7 Å². The maximum Gasteiger partial charge on any atom is 0.223 e. The Morgan fingerprint density at radius 1 is 1.14 bits per heavy atom. The van der Waals surface area contributed by atoms with Crippen LogP contribution in [0.15, 0.2) is 0 Å². The highest BCUT2D eigenvalue weighted by Gasteiger charge is 2.02. The van der Waals surface area contributed by atoms with E-state index in [1.54, 1.807) is 0 Å². The van der Waals surface area contributed by atoms with Gasteiger partial charge >= 0.3 is 0 Å². The molecule has 2 N–H and O–H groups in total. The first kappa shape index (κ1) is 11.2. The van der Waals surface area contributed by atoms with E-state index in [0.717, 1.165) is 29.6 Å². The minimum Gasteiger partial charge on any atom is -0.368 e. The maximum atomic E-state index is 5.57. The minimum atomic E-state index is 0.337. The van der Waals surface area contributed by atoms with Crippen molar-refractivity contribution in [2.75, 3.05) is 11.5 Å². The van der Waals surface area contributed by atoms with Gasteiger partial charge < -0.3 is 5.73 Å². The molecule has 1 aromatic rings. The van der Waals surface area contributed by atoms with Gasteiger partial charge in [0.1, 0.15) is 11.6 Å². The number of thioether (sulfide) groups is 1. The van der Waals surface area contributed by atoms with Gasteiger partial charge in [-0.2, -0.15) is 21.7 Å². The van der Waals surface area contributed by atoms with Crippen LogP contribution in [-0.4, -0.2) is 20.7 Å². The maximum absolute atomic E-state index is 5.57. The number of aromatic nitrogens is 3. The molecule has 0 saturated carbocycles. The highest BCUT2D eigenvalue weighted by atomic mass is 32.2. The van der Waals surface area contributed by atoms with E-state index < -0.39 is 0 Å². The molecule has 4 nitrogen and oxygen atoms in total. The predicted octanol–water partition coefficient (Wildman–Crippen LogP) is 1.66. The summed E-state index contributed by atoms with van der Waals surface area (Å²) >= 11 is 1.83. The fourth-order valence-electron chi connectivity index (χ4n) is 1.02. The number of nitrogen functional groups attached to an aromatic ring is 1. The number of nitrogens with two attached hydrogens (primary N) is 1. The van der Waals surface area contributed by atoms with Crippen LogP contribution in [0.1, 0.15) is 31.9 Å². The summed E-state index contributed by atoms with van der Waals surface area (Å²) in [6.07, 6.45) is 1.98. The number of aryl methyl sites for hydroxylation is 1. The summed E-state index contributed by atoms with van der Waals surface area (Å²) in [6.45, 7) is 4.17. The van der Waals surface area contributed by atoms with Gasteiger partial charge in [-0.1, -0.05) is 13.8 Å². The predicted molar refractivity (Wildman–Crippen MR) is 60.1 cm³/mol. The molecule has 0 radical (unpaired) electrons. The Morgan fingerprint density at radius 2 is 1.86 bits per heavy atom. The van der Waals surface area contributed by atoms with Crippen LogP contribution < -0.4 is 5.73 Å². The number of nitrogens with zero attached hydrogens (tertiary/aromatic N) is 3. The van der Waals surface area contributed by atoms with Gasteiger partial charge in [0.25, 0.3) is 0 Å². The van der Waals surface area contributed by atoms with Crippen molar-refractivity contribution in [3.8, 4) is 0 Å². The molecule has 5 heteroatoms. The van der Waals surface area contributed by atoms with Crippen LogP contribution in [0.4, 0.5) is 5.95 Å². The average Bonchev–Trinajstić information content (AvgIpc) is 2.17. The van der Waals surface area contributed by atoms with Crippen LogP contribution in [0.3, 0.4) is 0 Å². The summed E-state index contributed by atoms with van der Waals surface area (Å²) in [5, 5.41) is 0. The van der Waals surface area contributed by atoms with E-state index >= 15 is 0 Å². The van der Waals surface area contributed by atoms with Crippen molar-refractivity contribution >= 4 is 17.7 Å². The molecule has 0 saturated heterocycles. The zero-order valence-electron chi connectivity index (χ0n) is 8.66. The number of anilines is 1. The van der Waals surface area contributed by atoms with Crippen molar-refractivity contribution in [3.63, 3.8) is 0 Å². The van der Waals surface area contributed by atoms with Gasteiger partial charge in [-0.25, -0.2) is 4.98 Å². The lowest BCUT2D eigenvalue weighted by molar-refractivity contribution is 0.866. The molecule has 1 aromatic heterocycles. The molecular formula is C9H16N4S. The van der Waals surface area contributed by atoms with Crippen LogP contribution in [-0.2, 0) is 12.2 Å². The normalized spacial score (nSPS) is 10.4. The summed E-state index contributed by atoms with van der Waals surface area (Å²) in [4.78, 5) is 12.4. The SMILES string of the molecule is CCCSCc1nc(N)nc(CC)n1. The molecule has 0 bridgehead atoms. The summed E-state index contributed by atoms with van der Waals surface area (Å²) in [5.74, 6) is 3.88. The molecule has 14 heavy (non-hydrogen) atoms. The molecular weight excluding hydrogens is 196 g/mol. The molecule has 0 spiro atoms. The average molecular weight is 212 g/mol. The lowest BCUT2D eigenvalue weighted by atomic mass is 10.4. The third-order valence-corrected chi connectivity index (χ3v) is 2.80. The van der Waals surface area contributed by atoms with Crippen molar-refractivity contribution in [3.05, 3.63) is 11.6 Å². The molecule has 0 aliphatic heterocycles. The fraction of sp³-hybridized carbons (Fsp3) is 0.667. The first-order chi connectivity index (χ1) is 6.76. The molecule has 0 aliphatic carbocycles. The Balaban J connectivity index is 2.62. The number of hydrogen-bond acceptors (Lipinski definition) is 5. The van der Waals surface area contributed by atoms with E-state index in [0.29, 0.717) is 5.95 Å². The Hall–Kier alpha value is -0.840. The largest absolute Gasteiger partial charge is 0.368 e. The lowest BCUT2D eigenvalue weighted by Crippen LogP contribution is -2.06. The second kappa shape index (κ2) is 5.80. The van der Waals surface area contributed by atoms with Crippen LogP contribution in [0.25, 0.3) is 0 Å². The first-order valence-corrected chi connectivity index (χ1v) is 5.98. The van der Waals surface area contributed by atoms with Crippen LogP contribution in [0, 0.1) is 0 Å². The summed E-state index contributed by atoms with van der Waals surface area (Å²) in [7, 11) is 0. The standard InChI is InChI=1S/C9H16N4S/c1-3-5-14-6-8-11-7(4-2)12-9(10)13-8/h3-6H2,1-2H3,(H2,10,11,12,13). The van der Waals surface area contributed by atoms with E-state index in [1.807, 2.05) is 18.7 Å². The second-order valence-electron chi connectivity index (χ2n) is 2.93. The van der Waals surface area contributed by atoms with E-state index in [2.05, 4.69) is 21.9 Å². The summed E-state index contributed by atoms with van der Waals surface area (Å²) in [5.41, 5.74) is 5.57. The van der Waals surface area contributed by atoms with Gasteiger partial charge in [-0.15, -0.1) is 0 Å². The first-order valence-electron chi connectivity index (χ1n) is 4.83. The Bertz CT molecular complexity index is 290. The fourth-order valence-corrected chi connectivity index (χ4v) is 1.76. The zero-order valence-corrected chi connectivity index (χ0v) is 9.47. The Labute approximate surface area is 88.7 Å². The highest BCUT2D eigenvalue weighted by molar-refractivity contribution is 7.98. The van der Waals surface area contributed by atoms with Crippen molar-refractivity contribution in [1.82, 2.24) is 15.0 Å². The molecule has 0 aromatic carbocycles. The smallest absolute Gasteiger partial charge is 0.223 e. The minimum absolute atomic E-state index is 0.337. The Kier molecular flexibility index (Phi) is 4.65. The summed E-state index contributed by atoms with van der Waals surface area (Å²) in [6, 6.07) is 0. The van der Waals surface area contributed by atoms with Gasteiger partial charge in [-0.05, 0) is 12.2 Å². The van der Waals surface area contributed by atoms with Crippen molar-refractivity contribution in [2.45, 2.75) is 32.4 Å². The molecule has 0 aliphatic rings. The van der Waals surface area contributed by atoms with Crippen molar-refractivity contribution < 1.29 is 0 Å². The van der Waals surface area contributed by atoms with Gasteiger partial charge in [-0.3, -0.25) is 0 Å². The third-order valence-electron chi connectivity index (χ3n) is 1.64. The molecule has 78 valence electrons. The number of hydrogen-bond donors (Lipinski definition) is 1. The molecule has 0 fully saturated rings. The van der Waals surface area contributed by atoms with Crippen molar-refractivity contribution in [1.29, 1.82) is 0 Å². The van der Waals surface area contributed by atoms with Gasteiger partial charge in [0.15, 0.2) is 0 Å². The second-order valence-corrected chi connectivity index (χ2v) is 4.04. The van der Waals surface area contributed by atoms with E-state index in [1.165, 1.54) is 6.42 Å². The molecule has 0 atom stereocenters. The Morgan fingerprint density at radius 3 is 2.50 bits per heavy atom. The number of rotatable bonds is 5. The lowest BCUT2D eigenvalue weighted by Gasteiger charge is -2.02. The van der Waals surface area contributed by atoms with E-state index in [4.69, 9.17) is 5.73 Å². The van der Waals surface area contributed by atoms with Crippen molar-refractivity contribution in [2.24, 2.45) is 0 Å². The summed E-state index contributed by atoms with van der Waals surface area (Å²) < 4.78 is 0. The third kappa shape index (κ3) is 3.49. The highest BCUT2D eigenvalue weighted by Crippen LogP contribution is 2.10. The van der Waals surface area contributed by atoms with Crippen LogP contribution >= 0.6 is 11.8 Å². The molecule has 0 amide bonds. The van der Waals surface area contributed by atoms with Gasteiger partial charge in [0.05, 0.1) is 5.75 Å². The van der Waals surface area contributed by atoms with Crippen LogP contribution in [0.5, 0.6) is 0 Å². The zero-order chi connectivity index (χ0) is 10.4. The molecule has 0 unspecified atom stereocenters. The van der Waals surface area contributed by atoms with E-state index in [-0.39, 0.29) is 0 Å². The molecule has 1 rings (SSSR count). The van der Waals surface area contributed by atoms with E-state index in [9.17, 15) is 0 Å².